The van der Waals surface area contributed by atoms with E-state index >= 15 is 0 Å². The van der Waals surface area contributed by atoms with Gasteiger partial charge in [-0.2, -0.15) is 0 Å². The number of hydrogen-bond acceptors (Lipinski definition) is 2. The van der Waals surface area contributed by atoms with E-state index in [9.17, 15) is 4.79 Å². The molecule has 0 rings (SSSR count). The molecule has 0 aliphatic heterocycles. The molecule has 0 heterocycles. The molecule has 0 saturated carbocycles. The Morgan fingerprint density at radius 3 is 2.00 bits per heavy atom. The van der Waals surface area contributed by atoms with E-state index in [0.29, 0.717) is 0 Å². The van der Waals surface area contributed by atoms with Crippen LogP contribution in [0.2, 0.25) is 0 Å². The largest absolute Gasteiger partial charge is 0.468 e. The molecule has 0 saturated heterocycles. The molecule has 0 amide bonds. The Morgan fingerprint density at radius 1 is 1.00 bits per heavy atom. The quantitative estimate of drug-likeness (QED) is 0.308. The van der Waals surface area contributed by atoms with Crippen LogP contribution in [0.3, 0.4) is 0 Å². The number of carbonyl (C=O) groups is 1. The van der Waals surface area contributed by atoms with Gasteiger partial charge in [-0.15, -0.1) is 23.2 Å². The highest BCUT2D eigenvalue weighted by Crippen LogP contribution is 2.19. The third-order valence-corrected chi connectivity index (χ3v) is 4.16. The molecule has 0 aromatic heterocycles. The predicted molar refractivity (Wildman–Crippen MR) is 78.5 cm³/mol. The van der Waals surface area contributed by atoms with Crippen molar-refractivity contribution in [3.05, 3.63) is 0 Å². The van der Waals surface area contributed by atoms with Crippen molar-refractivity contribution in [2.45, 2.75) is 75.5 Å². The summed E-state index contributed by atoms with van der Waals surface area (Å²) in [6.07, 6.45) is 10.8. The van der Waals surface area contributed by atoms with Crippen LogP contribution in [0, 0.1) is 0 Å². The van der Waals surface area contributed by atoms with E-state index in [2.05, 4.69) is 11.7 Å². The monoisotopic (exact) mass is 296 g/mol. The molecule has 0 aliphatic carbocycles. The zero-order chi connectivity index (χ0) is 13.8. The number of alkyl halides is 2. The number of halogens is 2. The number of rotatable bonds is 11. The highest BCUT2D eigenvalue weighted by molar-refractivity contribution is 6.36. The predicted octanol–water partition coefficient (Wildman–Crippen LogP) is 4.91. The van der Waals surface area contributed by atoms with Crippen LogP contribution in [-0.4, -0.2) is 23.8 Å². The van der Waals surface area contributed by atoms with Crippen molar-refractivity contribution in [2.24, 2.45) is 0 Å². The molecule has 0 aliphatic rings. The number of unbranched alkanes of at least 4 members (excludes halogenated alkanes) is 7. The summed E-state index contributed by atoms with van der Waals surface area (Å²) in [6.45, 7) is 2.23. The number of hydrogen-bond donors (Lipinski definition) is 0. The molecule has 0 unspecified atom stereocenters. The van der Waals surface area contributed by atoms with Gasteiger partial charge in [0.1, 0.15) is 5.38 Å². The number of esters is 1. The van der Waals surface area contributed by atoms with Gasteiger partial charge < -0.3 is 4.74 Å². The van der Waals surface area contributed by atoms with Crippen molar-refractivity contribution in [3.8, 4) is 0 Å². The van der Waals surface area contributed by atoms with Gasteiger partial charge >= 0.3 is 5.97 Å². The summed E-state index contributed by atoms with van der Waals surface area (Å²) in [5, 5.41) is -1.04. The molecule has 2 atom stereocenters. The van der Waals surface area contributed by atoms with Crippen molar-refractivity contribution in [2.75, 3.05) is 7.11 Å². The fraction of sp³-hybridized carbons (Fsp3) is 0.929. The van der Waals surface area contributed by atoms with Crippen LogP contribution in [0.4, 0.5) is 0 Å². The van der Waals surface area contributed by atoms with Gasteiger partial charge in [-0.1, -0.05) is 58.3 Å². The van der Waals surface area contributed by atoms with Crippen LogP contribution in [0.25, 0.3) is 0 Å². The van der Waals surface area contributed by atoms with Crippen molar-refractivity contribution in [3.63, 3.8) is 0 Å². The molecule has 18 heavy (non-hydrogen) atoms. The first kappa shape index (κ1) is 18.0. The Kier molecular flexibility index (Phi) is 12.1. The lowest BCUT2D eigenvalue weighted by molar-refractivity contribution is -0.140. The average molecular weight is 297 g/mol. The summed E-state index contributed by atoms with van der Waals surface area (Å²) >= 11 is 11.9. The molecule has 0 aromatic rings. The zero-order valence-electron chi connectivity index (χ0n) is 11.6. The summed E-state index contributed by atoms with van der Waals surface area (Å²) in [6, 6.07) is 0. The third kappa shape index (κ3) is 9.04. The van der Waals surface area contributed by atoms with Crippen LogP contribution >= 0.6 is 23.2 Å². The molecule has 0 radical (unpaired) electrons. The second-order valence-corrected chi connectivity index (χ2v) is 5.74. The highest BCUT2D eigenvalue weighted by atomic mass is 35.5. The van der Waals surface area contributed by atoms with E-state index in [4.69, 9.17) is 23.2 Å². The highest BCUT2D eigenvalue weighted by Gasteiger charge is 2.24. The van der Waals surface area contributed by atoms with E-state index in [1.165, 1.54) is 52.1 Å². The second-order valence-electron chi connectivity index (χ2n) is 4.70. The fourth-order valence-electron chi connectivity index (χ4n) is 1.88. The third-order valence-electron chi connectivity index (χ3n) is 3.08. The standard InChI is InChI=1S/C14H26Cl2O2/c1-3-4-5-6-7-8-9-10-11-12(15)13(16)14(17)18-2/h12-13H,3-11H2,1-2H3/t12-,13-/m0/s1. The zero-order valence-corrected chi connectivity index (χ0v) is 13.1. The van der Waals surface area contributed by atoms with Crippen molar-refractivity contribution < 1.29 is 9.53 Å². The lowest BCUT2D eigenvalue weighted by Gasteiger charge is -2.13. The number of methoxy groups -OCH3 is 1. The van der Waals surface area contributed by atoms with Gasteiger partial charge in [-0.3, -0.25) is 4.79 Å². The van der Waals surface area contributed by atoms with Crippen LogP contribution in [0.1, 0.15) is 64.7 Å². The maximum Gasteiger partial charge on any atom is 0.325 e. The first-order valence-electron chi connectivity index (χ1n) is 6.99. The number of ether oxygens (including phenoxy) is 1. The van der Waals surface area contributed by atoms with Gasteiger partial charge in [0, 0.05) is 0 Å². The maximum atomic E-state index is 11.2. The van der Waals surface area contributed by atoms with E-state index in [-0.39, 0.29) is 5.38 Å². The average Bonchev–Trinajstić information content (AvgIpc) is 2.39. The molecular weight excluding hydrogens is 271 g/mol. The lowest BCUT2D eigenvalue weighted by Crippen LogP contribution is -2.26. The maximum absolute atomic E-state index is 11.2. The minimum Gasteiger partial charge on any atom is -0.468 e. The summed E-state index contributed by atoms with van der Waals surface area (Å²) in [4.78, 5) is 11.2. The molecule has 4 heteroatoms. The minimum absolute atomic E-state index is 0.320. The minimum atomic E-state index is -0.721. The summed E-state index contributed by atoms with van der Waals surface area (Å²) < 4.78 is 4.56. The molecular formula is C14H26Cl2O2. The summed E-state index contributed by atoms with van der Waals surface area (Å²) in [5.74, 6) is -0.434. The SMILES string of the molecule is CCCCCCCCCC[C@H](Cl)[C@H](Cl)C(=O)OC. The Labute approximate surface area is 121 Å². The van der Waals surface area contributed by atoms with Crippen molar-refractivity contribution >= 4 is 29.2 Å². The Hall–Kier alpha value is 0.0500. The fourth-order valence-corrected chi connectivity index (χ4v) is 2.35. The lowest BCUT2D eigenvalue weighted by atomic mass is 10.1. The van der Waals surface area contributed by atoms with E-state index in [0.717, 1.165) is 12.8 Å². The van der Waals surface area contributed by atoms with Crippen LogP contribution in [-0.2, 0) is 9.53 Å². The smallest absolute Gasteiger partial charge is 0.325 e. The first-order valence-corrected chi connectivity index (χ1v) is 7.86. The van der Waals surface area contributed by atoms with Crippen LogP contribution in [0.15, 0.2) is 0 Å². The molecule has 0 fully saturated rings. The van der Waals surface area contributed by atoms with Gasteiger partial charge in [0.25, 0.3) is 0 Å². The van der Waals surface area contributed by atoms with Gasteiger partial charge in [0.05, 0.1) is 12.5 Å². The summed E-state index contributed by atoms with van der Waals surface area (Å²) in [7, 11) is 1.33. The van der Waals surface area contributed by atoms with Crippen LogP contribution in [0.5, 0.6) is 0 Å². The molecule has 0 bridgehead atoms. The first-order chi connectivity index (χ1) is 8.63. The Morgan fingerprint density at radius 2 is 1.50 bits per heavy atom. The Bertz CT molecular complexity index is 210. The van der Waals surface area contributed by atoms with Gasteiger partial charge in [0.2, 0.25) is 0 Å². The normalized spacial score (nSPS) is 14.2. The molecule has 0 N–H and O–H groups in total. The molecule has 0 aromatic carbocycles. The van der Waals surface area contributed by atoms with Crippen molar-refractivity contribution in [1.29, 1.82) is 0 Å². The topological polar surface area (TPSA) is 26.3 Å². The van der Waals surface area contributed by atoms with Crippen molar-refractivity contribution in [1.82, 2.24) is 0 Å². The summed E-state index contributed by atoms with van der Waals surface area (Å²) in [5.41, 5.74) is 0. The molecule has 0 spiro atoms. The number of carbonyl (C=O) groups excluding carboxylic acids is 1. The molecule has 108 valence electrons. The van der Waals surface area contributed by atoms with E-state index < -0.39 is 11.3 Å². The molecule has 2 nitrogen and oxygen atoms in total. The Balaban J connectivity index is 3.40. The van der Waals surface area contributed by atoms with E-state index in [1.807, 2.05) is 0 Å². The van der Waals surface area contributed by atoms with Gasteiger partial charge in [0.15, 0.2) is 0 Å². The van der Waals surface area contributed by atoms with E-state index in [1.54, 1.807) is 0 Å². The second kappa shape index (κ2) is 12.1. The van der Waals surface area contributed by atoms with Crippen LogP contribution < -0.4 is 0 Å². The van der Waals surface area contributed by atoms with Gasteiger partial charge in [-0.05, 0) is 6.42 Å². The van der Waals surface area contributed by atoms with Gasteiger partial charge in [-0.25, -0.2) is 0 Å².